The average Bonchev–Trinajstić information content (AvgIpc) is 1.58. The molecule has 19 heteroatoms. The molecule has 19 nitrogen and oxygen atoms in total. The molecule has 106 heavy (non-hydrogen) atoms. The van der Waals surface area contributed by atoms with Crippen molar-refractivity contribution >= 4 is 45.6 Å². The first kappa shape index (κ1) is 69.4. The second-order valence-electron chi connectivity index (χ2n) is 28.1. The minimum Gasteiger partial charge on any atom is -0.489 e. The third-order valence-corrected chi connectivity index (χ3v) is 21.5. The van der Waals surface area contributed by atoms with Crippen molar-refractivity contribution < 1.29 is 37.9 Å². The highest BCUT2D eigenvalue weighted by atomic mass is 16.5. The number of aromatic amines is 1. The summed E-state index contributed by atoms with van der Waals surface area (Å²) in [6.07, 6.45) is 19.1. The molecule has 6 fully saturated rings. The maximum atomic E-state index is 9.88. The van der Waals surface area contributed by atoms with Crippen molar-refractivity contribution in [2.75, 3.05) is 115 Å². The molecule has 18 rings (SSSR count). The van der Waals surface area contributed by atoms with Gasteiger partial charge < -0.3 is 52.7 Å². The van der Waals surface area contributed by atoms with Crippen LogP contribution in [-0.4, -0.2) is 159 Å². The topological polar surface area (TPSA) is 214 Å². The predicted molar refractivity (Wildman–Crippen MR) is 410 cm³/mol. The molecule has 1 N–H and O–H groups in total. The number of ether oxygens (including phenoxy) is 8. The van der Waals surface area contributed by atoms with Gasteiger partial charge in [0, 0.05) is 161 Å². The van der Waals surface area contributed by atoms with Crippen molar-refractivity contribution in [3.05, 3.63) is 215 Å². The van der Waals surface area contributed by atoms with Crippen LogP contribution in [0.25, 0.3) is 78.8 Å². The van der Waals surface area contributed by atoms with Gasteiger partial charge in [0.25, 0.3) is 0 Å². The van der Waals surface area contributed by atoms with Crippen molar-refractivity contribution in [3.8, 4) is 80.1 Å². The predicted octanol–water partition coefficient (Wildman–Crippen LogP) is 14.6. The molecule has 0 bridgehead atoms. The second kappa shape index (κ2) is 32.2. The Labute approximate surface area is 618 Å². The number of aromatic nitrogens is 5. The Hall–Kier alpha value is -10.9. The van der Waals surface area contributed by atoms with E-state index in [1.165, 1.54) is 28.1 Å². The average molecular weight is 1410 g/mol. The van der Waals surface area contributed by atoms with Crippen LogP contribution in [0.4, 0.5) is 11.4 Å². The van der Waals surface area contributed by atoms with Crippen LogP contribution in [-0.2, 0) is 43.6 Å². The van der Waals surface area contributed by atoms with E-state index in [1.807, 2.05) is 97.2 Å². The number of nitrogens with one attached hydrogen (secondary N) is 1. The fourth-order valence-corrected chi connectivity index (χ4v) is 15.4. The van der Waals surface area contributed by atoms with Gasteiger partial charge in [-0.2, -0.15) is 20.9 Å². The number of allylic oxidation sites excluding steroid dienone is 2. The molecule has 0 amide bonds. The first-order valence-corrected chi connectivity index (χ1v) is 37.2. The molecule has 6 aromatic carbocycles. The Kier molecular flexibility index (Phi) is 21.1. The monoisotopic (exact) mass is 1410 g/mol. The molecule has 536 valence electrons. The number of anilines is 2. The summed E-state index contributed by atoms with van der Waals surface area (Å²) < 4.78 is 47.3. The fraction of sp³-hybridized carbons (Fsp3) is 0.333. The number of pyridine rings is 2. The standard InChI is InChI=1S/C33H34N4O3.C30H29N3O3.C24H22N4O2/c34-20-26-17-24(3-6-33(26)40-29-8-15-38-16-9-29)30-7-10-35-32-19-25(18-31(30)32)23-1-4-27(5-2-23)36-11-13-37(14-12-36)28-21-39-22-28;31-20-23-18-22(6-9-30(23)36-25-10-14-34-15-11-25)26-2-1-3-28-27(26)19-29(32-28)21-4-7-24(8-5-21)33-12-16-35-17-13-33;1-28-15-19(14-27-28)17-11-22-21(4-7-26-23(22)12-17)16-2-3-24(18(10-16)13-25)30-20-5-8-29-9-6-20/h1-7,10,17-18,28-29H,8-9,11-16,19,21-22H2;1-9,18-19,25,32H,10-17H2;2-4,7,10-11,14-15,20H,5-6,8-9,12H2,1H3. The Balaban J connectivity index is 0.000000123. The maximum Gasteiger partial charge on any atom is 0.137 e. The van der Waals surface area contributed by atoms with Gasteiger partial charge in [0.15, 0.2) is 0 Å². The van der Waals surface area contributed by atoms with Crippen LogP contribution in [0.5, 0.6) is 17.2 Å². The summed E-state index contributed by atoms with van der Waals surface area (Å²) in [5.74, 6) is 1.94. The molecule has 2 aliphatic carbocycles. The Morgan fingerprint density at radius 2 is 0.906 bits per heavy atom. The number of hydrogen-bond donors (Lipinski definition) is 1. The zero-order chi connectivity index (χ0) is 71.7. The van der Waals surface area contributed by atoms with Crippen LogP contribution in [0, 0.1) is 34.0 Å². The van der Waals surface area contributed by atoms with E-state index in [2.05, 4.69) is 139 Å². The van der Waals surface area contributed by atoms with Crippen molar-refractivity contribution in [3.63, 3.8) is 0 Å². The quantitative estimate of drug-likeness (QED) is 0.101. The fourth-order valence-electron chi connectivity index (χ4n) is 15.4. The van der Waals surface area contributed by atoms with Crippen LogP contribution < -0.4 is 24.0 Å². The summed E-state index contributed by atoms with van der Waals surface area (Å²) in [5, 5.41) is 34.8. The summed E-state index contributed by atoms with van der Waals surface area (Å²) >= 11 is 0. The molecule has 0 saturated carbocycles. The molecule has 4 aromatic heterocycles. The van der Waals surface area contributed by atoms with E-state index in [4.69, 9.17) is 42.9 Å². The molecular weight excluding hydrogens is 1330 g/mol. The number of benzene rings is 6. The number of nitrogens with zero attached hydrogens (tertiary/aromatic N) is 10. The largest absolute Gasteiger partial charge is 0.489 e. The lowest BCUT2D eigenvalue weighted by molar-refractivity contribution is -0.0660. The van der Waals surface area contributed by atoms with E-state index in [1.54, 1.807) is 0 Å². The molecule has 6 saturated heterocycles. The van der Waals surface area contributed by atoms with Crippen LogP contribution in [0.3, 0.4) is 0 Å². The number of aryl methyl sites for hydroxylation is 1. The number of morpholine rings is 1. The summed E-state index contributed by atoms with van der Waals surface area (Å²) in [5.41, 5.74) is 23.0. The Bertz CT molecular complexity index is 4990. The van der Waals surface area contributed by atoms with Crippen LogP contribution in [0.1, 0.15) is 88.9 Å². The Morgan fingerprint density at radius 1 is 0.453 bits per heavy atom. The zero-order valence-corrected chi connectivity index (χ0v) is 59.8. The molecule has 10 aromatic rings. The van der Waals surface area contributed by atoms with Gasteiger partial charge in [0.1, 0.15) is 53.8 Å². The molecule has 8 aliphatic rings. The number of fused-ring (bicyclic) bond motifs is 3. The van der Waals surface area contributed by atoms with E-state index in [-0.39, 0.29) is 18.3 Å². The van der Waals surface area contributed by atoms with Gasteiger partial charge in [0.2, 0.25) is 0 Å². The van der Waals surface area contributed by atoms with Crippen LogP contribution in [0.15, 0.2) is 164 Å². The van der Waals surface area contributed by atoms with Crippen molar-refractivity contribution in [2.24, 2.45) is 7.05 Å². The third kappa shape index (κ3) is 15.6. The maximum absolute atomic E-state index is 9.88. The minimum atomic E-state index is 0.0980. The van der Waals surface area contributed by atoms with E-state index in [0.29, 0.717) is 79.6 Å². The molecule has 0 unspecified atom stereocenters. The number of piperazine rings is 1. The van der Waals surface area contributed by atoms with Gasteiger partial charge in [-0.05, 0) is 153 Å². The summed E-state index contributed by atoms with van der Waals surface area (Å²) in [7, 11) is 1.92. The number of nitriles is 3. The zero-order valence-electron chi connectivity index (χ0n) is 59.8. The Morgan fingerprint density at radius 3 is 1.37 bits per heavy atom. The summed E-state index contributed by atoms with van der Waals surface area (Å²) in [6, 6.07) is 55.5. The first-order chi connectivity index (χ1) is 52.2. The number of hydrogen-bond acceptors (Lipinski definition) is 17. The lowest BCUT2D eigenvalue weighted by atomic mass is 9.98. The number of rotatable bonds is 15. The van der Waals surface area contributed by atoms with E-state index < -0.39 is 0 Å². The van der Waals surface area contributed by atoms with Crippen molar-refractivity contribution in [1.29, 1.82) is 15.8 Å². The van der Waals surface area contributed by atoms with Crippen LogP contribution in [0.2, 0.25) is 0 Å². The lowest BCUT2D eigenvalue weighted by Gasteiger charge is -2.43. The smallest absolute Gasteiger partial charge is 0.137 e. The molecule has 0 spiro atoms. The van der Waals surface area contributed by atoms with E-state index in [0.717, 1.165) is 201 Å². The third-order valence-electron chi connectivity index (χ3n) is 21.5. The van der Waals surface area contributed by atoms with Crippen LogP contribution >= 0.6 is 0 Å². The molecular formula is C87H85N11O8. The van der Waals surface area contributed by atoms with E-state index in [9.17, 15) is 15.8 Å². The SMILES string of the molecule is Cn1cc(C2=Cc3c(-c4ccc(OC5CCOCC5)c(C#N)c4)ccnc3C2)cn1.N#Cc1cc(-c2cccc3[nH]c(-c4ccc(N5CCOCC5)cc4)cc23)ccc1OC1CCOCC1.N#Cc1cc(-c2ccnc3c2C=C(c2ccc(N4CCN(C5COC5)CC4)cc2)C3)ccc1OC1CCOCC1. The molecule has 10 heterocycles. The summed E-state index contributed by atoms with van der Waals surface area (Å²) in [6.45, 7) is 13.7. The highest BCUT2D eigenvalue weighted by Gasteiger charge is 2.30. The van der Waals surface area contributed by atoms with E-state index >= 15 is 0 Å². The second-order valence-corrected chi connectivity index (χ2v) is 28.1. The lowest BCUT2D eigenvalue weighted by Crippen LogP contribution is -2.56. The highest BCUT2D eigenvalue weighted by molar-refractivity contribution is 5.99. The van der Waals surface area contributed by atoms with Gasteiger partial charge in [-0.25, -0.2) is 0 Å². The molecule has 0 radical (unpaired) electrons. The van der Waals surface area contributed by atoms with Gasteiger partial charge >= 0.3 is 0 Å². The summed E-state index contributed by atoms with van der Waals surface area (Å²) in [4.78, 5) is 20.3. The van der Waals surface area contributed by atoms with Crippen molar-refractivity contribution in [1.82, 2.24) is 29.6 Å². The normalized spacial score (nSPS) is 17.8. The minimum absolute atomic E-state index is 0.0980. The van der Waals surface area contributed by atoms with Gasteiger partial charge in [-0.1, -0.05) is 54.6 Å². The molecule has 0 atom stereocenters. The van der Waals surface area contributed by atoms with Gasteiger partial charge in [-0.3, -0.25) is 19.5 Å². The first-order valence-electron chi connectivity index (χ1n) is 37.2. The van der Waals surface area contributed by atoms with Gasteiger partial charge in [-0.15, -0.1) is 0 Å². The highest BCUT2D eigenvalue weighted by Crippen LogP contribution is 2.42. The number of H-pyrrole nitrogens is 1. The van der Waals surface area contributed by atoms with Gasteiger partial charge in [0.05, 0.1) is 106 Å². The van der Waals surface area contributed by atoms with Crippen molar-refractivity contribution in [2.45, 2.75) is 75.7 Å². The molecule has 6 aliphatic heterocycles.